The quantitative estimate of drug-likeness (QED) is 0.640. The van der Waals surface area contributed by atoms with Crippen molar-refractivity contribution in [2.75, 3.05) is 11.9 Å². The second-order valence-corrected chi connectivity index (χ2v) is 5.32. The average molecular weight is 306 g/mol. The monoisotopic (exact) mass is 306 g/mol. The number of aryl methyl sites for hydroxylation is 1. The van der Waals surface area contributed by atoms with Crippen LogP contribution >= 0.6 is 0 Å². The van der Waals surface area contributed by atoms with E-state index in [0.717, 1.165) is 18.4 Å². The molecule has 1 amide bonds. The Kier molecular flexibility index (Phi) is 5.27. The molecule has 0 aliphatic carbocycles. The molecule has 1 aromatic heterocycles. The van der Waals surface area contributed by atoms with Gasteiger partial charge in [0, 0.05) is 5.56 Å². The molecule has 0 spiro atoms. The Morgan fingerprint density at radius 1 is 1.30 bits per heavy atom. The Labute approximate surface area is 136 Å². The van der Waals surface area contributed by atoms with Crippen molar-refractivity contribution >= 4 is 17.3 Å². The van der Waals surface area contributed by atoms with Crippen molar-refractivity contribution < 1.29 is 9.36 Å². The summed E-state index contributed by atoms with van der Waals surface area (Å²) in [4.78, 5) is 14.3. The molecule has 2 aromatic rings. The smallest absolute Gasteiger partial charge is 0.196 e. The van der Waals surface area contributed by atoms with E-state index in [1.807, 2.05) is 42.6 Å². The van der Waals surface area contributed by atoms with Gasteiger partial charge in [0.2, 0.25) is 0 Å². The SMILES string of the molecule is C=C(C#N)c1ccccc1N(C)C(=O)[n+]1cccc(CCC)c1. The minimum Gasteiger partial charge on any atom is -0.196 e. The molecule has 1 heterocycles. The van der Waals surface area contributed by atoms with Crippen molar-refractivity contribution in [2.45, 2.75) is 19.8 Å². The Bertz CT molecular complexity index is 774. The first-order chi connectivity index (χ1) is 11.1. The van der Waals surface area contributed by atoms with Crippen molar-refractivity contribution in [1.82, 2.24) is 0 Å². The maximum Gasteiger partial charge on any atom is 0.502 e. The summed E-state index contributed by atoms with van der Waals surface area (Å²) in [5.74, 6) is 0. The van der Waals surface area contributed by atoms with E-state index in [2.05, 4.69) is 13.5 Å². The van der Waals surface area contributed by atoms with Gasteiger partial charge < -0.3 is 0 Å². The number of pyridine rings is 1. The molecule has 2 rings (SSSR count). The summed E-state index contributed by atoms with van der Waals surface area (Å²) >= 11 is 0. The number of nitriles is 1. The van der Waals surface area contributed by atoms with Crippen LogP contribution in [0, 0.1) is 11.3 Å². The number of hydrogen-bond donors (Lipinski definition) is 0. The van der Waals surface area contributed by atoms with Gasteiger partial charge in [-0.1, -0.05) is 38.1 Å². The number of benzene rings is 1. The van der Waals surface area contributed by atoms with Crippen LogP contribution in [0.5, 0.6) is 0 Å². The number of carbonyl (C=O) groups excluding carboxylic acids is 1. The van der Waals surface area contributed by atoms with Crippen LogP contribution in [-0.2, 0) is 6.42 Å². The second-order valence-electron chi connectivity index (χ2n) is 5.32. The summed E-state index contributed by atoms with van der Waals surface area (Å²) in [6, 6.07) is 13.0. The van der Waals surface area contributed by atoms with E-state index >= 15 is 0 Å². The maximum absolute atomic E-state index is 12.7. The van der Waals surface area contributed by atoms with Crippen LogP contribution in [0.3, 0.4) is 0 Å². The maximum atomic E-state index is 12.7. The van der Waals surface area contributed by atoms with Gasteiger partial charge in [0.25, 0.3) is 0 Å². The van der Waals surface area contributed by atoms with E-state index in [9.17, 15) is 4.79 Å². The zero-order valence-corrected chi connectivity index (χ0v) is 13.5. The van der Waals surface area contributed by atoms with Crippen molar-refractivity contribution in [1.29, 1.82) is 5.26 Å². The summed E-state index contributed by atoms with van der Waals surface area (Å²) in [5, 5.41) is 9.09. The van der Waals surface area contributed by atoms with Crippen LogP contribution < -0.4 is 9.47 Å². The second kappa shape index (κ2) is 7.37. The van der Waals surface area contributed by atoms with Gasteiger partial charge in [-0.3, -0.25) is 0 Å². The lowest BCUT2D eigenvalue weighted by Gasteiger charge is -2.13. The number of carbonyl (C=O) groups is 1. The normalized spacial score (nSPS) is 9.96. The lowest BCUT2D eigenvalue weighted by molar-refractivity contribution is -0.570. The standard InChI is InChI=1S/C19H20N3O/c1-4-8-16-9-7-12-22(14-16)19(23)21(3)18-11-6-5-10-17(18)15(2)13-20/h5-7,9-12,14H,2,4,8H2,1,3H3/q+1. The van der Waals surface area contributed by atoms with Crippen LogP contribution in [0.4, 0.5) is 10.5 Å². The molecule has 23 heavy (non-hydrogen) atoms. The van der Waals surface area contributed by atoms with E-state index in [4.69, 9.17) is 5.26 Å². The molecule has 0 N–H and O–H groups in total. The van der Waals surface area contributed by atoms with Crippen LogP contribution in [0.15, 0.2) is 55.4 Å². The van der Waals surface area contributed by atoms with Crippen LogP contribution in [0.1, 0.15) is 24.5 Å². The number of amides is 1. The minimum absolute atomic E-state index is 0.179. The van der Waals surface area contributed by atoms with Crippen molar-refractivity contribution in [3.8, 4) is 6.07 Å². The highest BCUT2D eigenvalue weighted by Gasteiger charge is 2.25. The fourth-order valence-corrected chi connectivity index (χ4v) is 2.44. The number of anilines is 1. The van der Waals surface area contributed by atoms with Gasteiger partial charge in [-0.05, 0) is 30.2 Å². The highest BCUT2D eigenvalue weighted by molar-refractivity contribution is 5.92. The molecule has 0 bridgehead atoms. The van der Waals surface area contributed by atoms with Gasteiger partial charge in [0.05, 0.1) is 24.9 Å². The molecule has 4 heteroatoms. The van der Waals surface area contributed by atoms with Crippen LogP contribution in [0.25, 0.3) is 5.57 Å². The topological polar surface area (TPSA) is 48.0 Å². The lowest BCUT2D eigenvalue weighted by atomic mass is 10.1. The highest BCUT2D eigenvalue weighted by Crippen LogP contribution is 2.25. The molecule has 0 radical (unpaired) electrons. The first-order valence-corrected chi connectivity index (χ1v) is 7.55. The molecular formula is C19H20N3O+. The Hall–Kier alpha value is -2.93. The van der Waals surface area contributed by atoms with Crippen molar-refractivity contribution in [2.24, 2.45) is 0 Å². The number of nitrogens with zero attached hydrogens (tertiary/aromatic N) is 3. The molecule has 0 saturated heterocycles. The number of para-hydroxylation sites is 1. The third-order valence-corrected chi connectivity index (χ3v) is 3.63. The Morgan fingerprint density at radius 3 is 2.74 bits per heavy atom. The molecule has 0 fully saturated rings. The Balaban J connectivity index is 2.36. The molecule has 0 aliphatic rings. The third kappa shape index (κ3) is 3.64. The van der Waals surface area contributed by atoms with Gasteiger partial charge in [-0.25, -0.2) is 0 Å². The number of aromatic nitrogens is 1. The van der Waals surface area contributed by atoms with E-state index in [1.54, 1.807) is 23.9 Å². The predicted octanol–water partition coefficient (Wildman–Crippen LogP) is 3.57. The molecule has 0 atom stereocenters. The van der Waals surface area contributed by atoms with E-state index < -0.39 is 0 Å². The average Bonchev–Trinajstić information content (AvgIpc) is 2.60. The number of hydrogen-bond acceptors (Lipinski definition) is 2. The summed E-state index contributed by atoms with van der Waals surface area (Å²) in [5.41, 5.74) is 2.78. The van der Waals surface area contributed by atoms with Crippen molar-refractivity contribution in [3.63, 3.8) is 0 Å². The first-order valence-electron chi connectivity index (χ1n) is 7.55. The van der Waals surface area contributed by atoms with Crippen molar-refractivity contribution in [3.05, 3.63) is 66.5 Å². The largest absolute Gasteiger partial charge is 0.502 e. The Morgan fingerprint density at radius 2 is 2.04 bits per heavy atom. The molecule has 4 nitrogen and oxygen atoms in total. The molecule has 0 aliphatic heterocycles. The molecule has 1 aromatic carbocycles. The highest BCUT2D eigenvalue weighted by atomic mass is 16.2. The molecule has 0 saturated carbocycles. The summed E-state index contributed by atoms with van der Waals surface area (Å²) in [6.45, 7) is 5.86. The van der Waals surface area contributed by atoms with Gasteiger partial charge in [-0.2, -0.15) is 19.5 Å². The molecular weight excluding hydrogens is 286 g/mol. The summed E-state index contributed by atoms with van der Waals surface area (Å²) in [7, 11) is 1.70. The molecule has 116 valence electrons. The zero-order valence-electron chi connectivity index (χ0n) is 13.5. The number of allylic oxidation sites excluding steroid dienone is 1. The first kappa shape index (κ1) is 16.4. The van der Waals surface area contributed by atoms with Gasteiger partial charge in [-0.15, -0.1) is 0 Å². The summed E-state index contributed by atoms with van der Waals surface area (Å²) < 4.78 is 1.57. The van der Waals surface area contributed by atoms with E-state index in [0.29, 0.717) is 16.8 Å². The third-order valence-electron chi connectivity index (χ3n) is 3.63. The van der Waals surface area contributed by atoms with Gasteiger partial charge in [0.15, 0.2) is 0 Å². The molecule has 0 unspecified atom stereocenters. The zero-order chi connectivity index (χ0) is 16.8. The fourth-order valence-electron chi connectivity index (χ4n) is 2.44. The van der Waals surface area contributed by atoms with Crippen LogP contribution in [-0.4, -0.2) is 13.1 Å². The van der Waals surface area contributed by atoms with Gasteiger partial charge >= 0.3 is 6.03 Å². The summed E-state index contributed by atoms with van der Waals surface area (Å²) in [6.07, 6.45) is 5.54. The lowest BCUT2D eigenvalue weighted by Crippen LogP contribution is -2.51. The van der Waals surface area contributed by atoms with Gasteiger partial charge in [0.1, 0.15) is 11.9 Å². The fraction of sp³-hybridized carbons (Fsp3) is 0.211. The van der Waals surface area contributed by atoms with Crippen LogP contribution in [0.2, 0.25) is 0 Å². The van der Waals surface area contributed by atoms with E-state index in [-0.39, 0.29) is 6.03 Å². The predicted molar refractivity (Wildman–Crippen MR) is 90.9 cm³/mol. The minimum atomic E-state index is -0.179. The number of rotatable bonds is 4. The van der Waals surface area contributed by atoms with E-state index in [1.165, 1.54) is 4.90 Å².